The molecule has 4 nitrogen and oxygen atoms in total. The van der Waals surface area contributed by atoms with Crippen LogP contribution in [-0.2, 0) is 19.1 Å². The largest absolute Gasteiger partial charge is 0.465 e. The minimum Gasteiger partial charge on any atom is -0.465 e. The van der Waals surface area contributed by atoms with Crippen molar-refractivity contribution in [3.63, 3.8) is 0 Å². The average molecular weight is 262 g/mol. The van der Waals surface area contributed by atoms with Gasteiger partial charge in [0, 0.05) is 5.75 Å². The van der Waals surface area contributed by atoms with Crippen LogP contribution in [0.3, 0.4) is 0 Å². The second kappa shape index (κ2) is 10.4. The summed E-state index contributed by atoms with van der Waals surface area (Å²) in [6.07, 6.45) is 1.66. The quantitative estimate of drug-likeness (QED) is 0.597. The minimum atomic E-state index is -0.217. The van der Waals surface area contributed by atoms with Crippen molar-refractivity contribution in [2.75, 3.05) is 24.7 Å². The monoisotopic (exact) mass is 262 g/mol. The van der Waals surface area contributed by atoms with Crippen molar-refractivity contribution in [1.29, 1.82) is 0 Å². The third-order valence-electron chi connectivity index (χ3n) is 1.91. The molecule has 1 atom stereocenters. The molecule has 5 heteroatoms. The van der Waals surface area contributed by atoms with Crippen molar-refractivity contribution in [3.8, 4) is 0 Å². The lowest BCUT2D eigenvalue weighted by molar-refractivity contribution is -0.147. The predicted molar refractivity (Wildman–Crippen MR) is 69.0 cm³/mol. The highest BCUT2D eigenvalue weighted by atomic mass is 32.2. The molecule has 0 aromatic heterocycles. The number of rotatable bonds is 9. The van der Waals surface area contributed by atoms with Crippen LogP contribution in [0.5, 0.6) is 0 Å². The van der Waals surface area contributed by atoms with Crippen LogP contribution in [-0.4, -0.2) is 36.7 Å². The lowest BCUT2D eigenvalue weighted by atomic mass is 10.2. The van der Waals surface area contributed by atoms with Crippen LogP contribution in [0.15, 0.2) is 0 Å². The molecule has 0 spiro atoms. The van der Waals surface area contributed by atoms with Gasteiger partial charge in [-0.1, -0.05) is 20.8 Å². The van der Waals surface area contributed by atoms with E-state index in [1.807, 2.05) is 20.8 Å². The maximum Gasteiger partial charge on any atom is 0.315 e. The third-order valence-corrected chi connectivity index (χ3v) is 3.08. The van der Waals surface area contributed by atoms with Crippen molar-refractivity contribution >= 4 is 23.7 Å². The van der Waals surface area contributed by atoms with Gasteiger partial charge in [0.05, 0.1) is 24.9 Å². The molecular formula is C12H22O4S. The summed E-state index contributed by atoms with van der Waals surface area (Å²) >= 11 is 1.41. The second-order valence-electron chi connectivity index (χ2n) is 3.80. The highest BCUT2D eigenvalue weighted by Gasteiger charge is 2.15. The molecule has 17 heavy (non-hydrogen) atoms. The van der Waals surface area contributed by atoms with E-state index in [2.05, 4.69) is 0 Å². The van der Waals surface area contributed by atoms with Crippen LogP contribution in [0, 0.1) is 5.92 Å². The molecule has 0 aliphatic heterocycles. The van der Waals surface area contributed by atoms with Gasteiger partial charge in [-0.25, -0.2) is 0 Å². The molecule has 0 saturated carbocycles. The smallest absolute Gasteiger partial charge is 0.315 e. The zero-order valence-corrected chi connectivity index (χ0v) is 11.7. The normalized spacial score (nSPS) is 11.9. The van der Waals surface area contributed by atoms with Gasteiger partial charge in [-0.05, 0) is 12.8 Å². The molecule has 0 fully saturated rings. The fourth-order valence-corrected chi connectivity index (χ4v) is 1.85. The number of ether oxygens (including phenoxy) is 2. The molecule has 0 saturated heterocycles. The Morgan fingerprint density at radius 3 is 2.29 bits per heavy atom. The van der Waals surface area contributed by atoms with Gasteiger partial charge < -0.3 is 9.47 Å². The van der Waals surface area contributed by atoms with Crippen molar-refractivity contribution < 1.29 is 19.1 Å². The molecule has 0 aliphatic rings. The van der Waals surface area contributed by atoms with Gasteiger partial charge in [-0.2, -0.15) is 0 Å². The van der Waals surface area contributed by atoms with Crippen molar-refractivity contribution in [2.45, 2.75) is 33.6 Å². The molecule has 1 unspecified atom stereocenters. The summed E-state index contributed by atoms with van der Waals surface area (Å²) in [5.74, 6) is 0.299. The Bertz CT molecular complexity index is 231. The van der Waals surface area contributed by atoms with Crippen molar-refractivity contribution in [3.05, 3.63) is 0 Å². The highest BCUT2D eigenvalue weighted by Crippen LogP contribution is 2.10. The fourth-order valence-electron chi connectivity index (χ4n) is 0.990. The van der Waals surface area contributed by atoms with E-state index in [0.717, 1.165) is 12.8 Å². The first kappa shape index (κ1) is 16.3. The minimum absolute atomic E-state index is 0.175. The first-order valence-electron chi connectivity index (χ1n) is 6.01. The number of esters is 2. The number of carbonyl (C=O) groups is 2. The van der Waals surface area contributed by atoms with E-state index in [1.165, 1.54) is 11.8 Å². The van der Waals surface area contributed by atoms with Gasteiger partial charge in [0.1, 0.15) is 0 Å². The lowest BCUT2D eigenvalue weighted by Crippen LogP contribution is -2.18. The van der Waals surface area contributed by atoms with E-state index in [9.17, 15) is 9.59 Å². The summed E-state index contributed by atoms with van der Waals surface area (Å²) in [7, 11) is 0. The van der Waals surface area contributed by atoms with E-state index >= 15 is 0 Å². The number of hydrogen-bond acceptors (Lipinski definition) is 5. The zero-order chi connectivity index (χ0) is 13.1. The van der Waals surface area contributed by atoms with E-state index < -0.39 is 0 Å². The third kappa shape index (κ3) is 9.03. The van der Waals surface area contributed by atoms with Gasteiger partial charge in [0.15, 0.2) is 0 Å². The average Bonchev–Trinajstić information content (AvgIpc) is 2.33. The van der Waals surface area contributed by atoms with Gasteiger partial charge in [0.25, 0.3) is 0 Å². The first-order chi connectivity index (χ1) is 8.11. The van der Waals surface area contributed by atoms with Gasteiger partial charge in [0.2, 0.25) is 0 Å². The molecule has 0 radical (unpaired) electrons. The fraction of sp³-hybridized carbons (Fsp3) is 0.833. The molecule has 100 valence electrons. The maximum absolute atomic E-state index is 11.4. The van der Waals surface area contributed by atoms with Gasteiger partial charge in [-0.3, -0.25) is 9.59 Å². The molecule has 0 aliphatic carbocycles. The van der Waals surface area contributed by atoms with E-state index in [4.69, 9.17) is 9.47 Å². The van der Waals surface area contributed by atoms with E-state index in [0.29, 0.717) is 24.7 Å². The second-order valence-corrected chi connectivity index (χ2v) is 4.83. The SMILES string of the molecule is CCCOC(=O)CSCC(C)C(=O)OCCC. The van der Waals surface area contributed by atoms with Gasteiger partial charge in [-0.15, -0.1) is 11.8 Å². The number of thioether (sulfide) groups is 1. The summed E-state index contributed by atoms with van der Waals surface area (Å²) in [6, 6.07) is 0. The molecule has 0 aromatic rings. The Morgan fingerprint density at radius 1 is 1.12 bits per heavy atom. The van der Waals surface area contributed by atoms with Crippen LogP contribution in [0.4, 0.5) is 0 Å². The van der Waals surface area contributed by atoms with Crippen LogP contribution < -0.4 is 0 Å². The lowest BCUT2D eigenvalue weighted by Gasteiger charge is -2.10. The molecular weight excluding hydrogens is 240 g/mol. The molecule has 0 N–H and O–H groups in total. The highest BCUT2D eigenvalue weighted by molar-refractivity contribution is 7.99. The summed E-state index contributed by atoms with van der Waals surface area (Å²) in [4.78, 5) is 22.6. The van der Waals surface area contributed by atoms with E-state index in [-0.39, 0.29) is 17.9 Å². The Morgan fingerprint density at radius 2 is 1.71 bits per heavy atom. The van der Waals surface area contributed by atoms with Crippen LogP contribution in [0.2, 0.25) is 0 Å². The first-order valence-corrected chi connectivity index (χ1v) is 7.17. The molecule has 0 heterocycles. The van der Waals surface area contributed by atoms with Crippen LogP contribution in [0.1, 0.15) is 33.6 Å². The van der Waals surface area contributed by atoms with Crippen LogP contribution >= 0.6 is 11.8 Å². The molecule has 0 bridgehead atoms. The zero-order valence-electron chi connectivity index (χ0n) is 10.9. The summed E-state index contributed by atoms with van der Waals surface area (Å²) in [5, 5.41) is 0. The topological polar surface area (TPSA) is 52.6 Å². The Balaban J connectivity index is 3.59. The van der Waals surface area contributed by atoms with Crippen molar-refractivity contribution in [2.24, 2.45) is 5.92 Å². The molecule has 0 rings (SSSR count). The summed E-state index contributed by atoms with van der Waals surface area (Å²) in [5.41, 5.74) is 0. The standard InChI is InChI=1S/C12H22O4S/c1-4-6-15-11(13)9-17-8-10(3)12(14)16-7-5-2/h10H,4-9H2,1-3H3. The summed E-state index contributed by atoms with van der Waals surface area (Å²) in [6.45, 7) is 6.64. The van der Waals surface area contributed by atoms with Crippen LogP contribution in [0.25, 0.3) is 0 Å². The number of carbonyl (C=O) groups excluding carboxylic acids is 2. The number of hydrogen-bond donors (Lipinski definition) is 0. The molecule has 0 aromatic carbocycles. The summed E-state index contributed by atoms with van der Waals surface area (Å²) < 4.78 is 9.93. The Hall–Kier alpha value is -0.710. The van der Waals surface area contributed by atoms with E-state index in [1.54, 1.807) is 0 Å². The maximum atomic E-state index is 11.4. The Labute approximate surface area is 107 Å². The molecule has 0 amide bonds. The Kier molecular flexibility index (Phi) is 10.0. The van der Waals surface area contributed by atoms with Crippen molar-refractivity contribution in [1.82, 2.24) is 0 Å². The predicted octanol–water partition coefficient (Wildman–Crippen LogP) is 2.26. The van der Waals surface area contributed by atoms with Gasteiger partial charge >= 0.3 is 11.9 Å².